The third-order valence-electron chi connectivity index (χ3n) is 11.5. The van der Waals surface area contributed by atoms with Gasteiger partial charge >= 0.3 is 12.4 Å². The Balaban J connectivity index is 0.000000192. The number of H-pyrrole nitrogens is 2. The van der Waals surface area contributed by atoms with E-state index in [1.54, 1.807) is 6.92 Å². The molecule has 2 heterocycles. The summed E-state index contributed by atoms with van der Waals surface area (Å²) < 4.78 is 76.3. The maximum absolute atomic E-state index is 13.2. The van der Waals surface area contributed by atoms with Crippen LogP contribution in [0.15, 0.2) is 64.4 Å². The number of alkyl halides is 6. The molecule has 0 saturated heterocycles. The number of benzene rings is 2. The lowest BCUT2D eigenvalue weighted by molar-refractivity contribution is -0.138. The Kier molecular flexibility index (Phi) is 12.2. The fourth-order valence-corrected chi connectivity index (χ4v) is 7.36. The van der Waals surface area contributed by atoms with Gasteiger partial charge in [0.15, 0.2) is 11.6 Å². The van der Waals surface area contributed by atoms with Crippen LogP contribution in [-0.4, -0.2) is 31.5 Å². The molecule has 0 unspecified atom stereocenters. The van der Waals surface area contributed by atoms with Gasteiger partial charge in [-0.1, -0.05) is 57.4 Å². The zero-order valence-electron chi connectivity index (χ0n) is 31.2. The van der Waals surface area contributed by atoms with E-state index in [9.17, 15) is 45.5 Å². The van der Waals surface area contributed by atoms with Crippen molar-refractivity contribution in [3.8, 4) is 0 Å². The van der Waals surface area contributed by atoms with Crippen molar-refractivity contribution in [3.63, 3.8) is 0 Å². The van der Waals surface area contributed by atoms with E-state index in [0.29, 0.717) is 28.1 Å². The van der Waals surface area contributed by atoms with Gasteiger partial charge in [-0.15, -0.1) is 0 Å². The van der Waals surface area contributed by atoms with Crippen LogP contribution >= 0.6 is 0 Å². The molecular weight excluding hydrogens is 738 g/mol. The highest BCUT2D eigenvalue weighted by molar-refractivity contribution is 5.96. The molecule has 298 valence electrons. The lowest BCUT2D eigenvalue weighted by Crippen LogP contribution is -2.30. The summed E-state index contributed by atoms with van der Waals surface area (Å²) in [6, 6.07) is 9.71. The zero-order valence-corrected chi connectivity index (χ0v) is 31.2. The summed E-state index contributed by atoms with van der Waals surface area (Å²) in [6.07, 6.45) is 1.19. The van der Waals surface area contributed by atoms with Crippen LogP contribution in [-0.2, 0) is 12.4 Å². The fraction of sp³-hybridized carbons (Fsp3) is 0.476. The summed E-state index contributed by atoms with van der Waals surface area (Å²) in [5, 5.41) is 0. The number of carbonyl (C=O) groups is 2. The molecule has 0 amide bonds. The van der Waals surface area contributed by atoms with Crippen LogP contribution in [0.2, 0.25) is 0 Å². The van der Waals surface area contributed by atoms with Crippen LogP contribution in [0, 0.1) is 0 Å². The minimum Gasteiger partial charge on any atom is -0.313 e. The summed E-state index contributed by atoms with van der Waals surface area (Å²) in [6.45, 7) is 3.58. The predicted octanol–water partition coefficient (Wildman–Crippen LogP) is 10.1. The summed E-state index contributed by atoms with van der Waals surface area (Å²) in [7, 11) is 0. The molecule has 7 rings (SSSR count). The number of carbonyl (C=O) groups excluding carboxylic acids is 2. The van der Waals surface area contributed by atoms with E-state index in [1.165, 1.54) is 30.6 Å². The molecule has 0 bridgehead atoms. The molecule has 8 nitrogen and oxygen atoms in total. The quantitative estimate of drug-likeness (QED) is 0.115. The first-order valence-electron chi connectivity index (χ1n) is 19.1. The molecule has 56 heavy (non-hydrogen) atoms. The van der Waals surface area contributed by atoms with Gasteiger partial charge in [-0.3, -0.25) is 19.2 Å². The van der Waals surface area contributed by atoms with Gasteiger partial charge in [0.1, 0.15) is 17.2 Å². The van der Waals surface area contributed by atoms with E-state index in [2.05, 4.69) is 19.9 Å². The summed E-state index contributed by atoms with van der Waals surface area (Å²) in [4.78, 5) is 64.8. The molecule has 3 aliphatic carbocycles. The Labute approximate surface area is 319 Å². The number of hydrogen-bond acceptors (Lipinski definition) is 6. The number of aromatic nitrogens is 4. The van der Waals surface area contributed by atoms with Crippen LogP contribution in [0.3, 0.4) is 0 Å². The Morgan fingerprint density at radius 2 is 1.05 bits per heavy atom. The Morgan fingerprint density at radius 3 is 1.45 bits per heavy atom. The minimum atomic E-state index is -4.39. The second-order valence-electron chi connectivity index (χ2n) is 15.4. The maximum Gasteiger partial charge on any atom is 0.416 e. The highest BCUT2D eigenvalue weighted by Gasteiger charge is 2.34. The van der Waals surface area contributed by atoms with E-state index in [4.69, 9.17) is 0 Å². The molecule has 3 fully saturated rings. The second kappa shape index (κ2) is 16.7. The summed E-state index contributed by atoms with van der Waals surface area (Å²) in [5.41, 5.74) is 0.782. The third kappa shape index (κ3) is 9.21. The number of Topliss-reactive ketones (excluding diaryl/α,β-unsaturated/α-hetero) is 2. The second-order valence-corrected chi connectivity index (χ2v) is 15.4. The molecule has 2 N–H and O–H groups in total. The zero-order chi connectivity index (χ0) is 40.4. The molecule has 0 radical (unpaired) electrons. The molecule has 2 atom stereocenters. The van der Waals surface area contributed by atoms with Gasteiger partial charge in [0.2, 0.25) is 0 Å². The van der Waals surface area contributed by atoms with Crippen LogP contribution in [0.4, 0.5) is 26.3 Å². The lowest BCUT2D eigenvalue weighted by Gasteiger charge is -2.29. The molecule has 0 aliphatic heterocycles. The SMILES string of the molecule is C[C@@H](CC(=O)c1nc(C2CCC2)[nH]c(=O)c1C1CCC1)c1ccc(C(F)(F)F)cc1.C[C@@H](CC(=O)c1nc[nH]c(=O)c1C1CCC1)c1ccc(C(F)(F)F)cc1. The predicted molar refractivity (Wildman–Crippen MR) is 197 cm³/mol. The van der Waals surface area contributed by atoms with Crippen molar-refractivity contribution in [2.75, 3.05) is 0 Å². The monoisotopic (exact) mass is 782 g/mol. The van der Waals surface area contributed by atoms with E-state index in [-0.39, 0.29) is 76.5 Å². The van der Waals surface area contributed by atoms with Crippen LogP contribution < -0.4 is 11.1 Å². The lowest BCUT2D eigenvalue weighted by atomic mass is 9.78. The molecule has 2 aromatic heterocycles. The number of aromatic amines is 2. The smallest absolute Gasteiger partial charge is 0.313 e. The average Bonchev–Trinajstić information content (AvgIpc) is 3.07. The van der Waals surface area contributed by atoms with Gasteiger partial charge in [-0.05, 0) is 97.6 Å². The highest BCUT2D eigenvalue weighted by Crippen LogP contribution is 2.40. The Bertz CT molecular complexity index is 2150. The largest absolute Gasteiger partial charge is 0.416 e. The molecule has 4 aromatic rings. The van der Waals surface area contributed by atoms with Gasteiger partial charge < -0.3 is 9.97 Å². The normalized spacial score (nSPS) is 17.4. The first-order chi connectivity index (χ1) is 26.5. The molecule has 2 aromatic carbocycles. The van der Waals surface area contributed by atoms with Crippen molar-refractivity contribution < 1.29 is 35.9 Å². The van der Waals surface area contributed by atoms with E-state index in [1.807, 2.05) is 6.92 Å². The molecule has 3 aliphatic rings. The Morgan fingerprint density at radius 1 is 0.643 bits per heavy atom. The number of rotatable bonds is 11. The topological polar surface area (TPSA) is 126 Å². The number of nitrogens with zero attached hydrogens (tertiary/aromatic N) is 2. The first kappa shape index (κ1) is 40.8. The van der Waals surface area contributed by atoms with Gasteiger partial charge in [-0.25, -0.2) is 9.97 Å². The van der Waals surface area contributed by atoms with E-state index < -0.39 is 23.5 Å². The van der Waals surface area contributed by atoms with Crippen LogP contribution in [0.1, 0.15) is 174 Å². The van der Waals surface area contributed by atoms with E-state index in [0.717, 1.165) is 82.1 Å². The standard InChI is InChI=1S/C23H25F3N2O2.C19H19F3N2O2/c1-13(14-8-10-17(11-9-14)23(24,25)26)12-18(29)20-19(15-4-2-5-15)22(30)28-21(27-20)16-6-3-7-16;1-11(12-5-7-14(8-6-12)19(20,21)22)9-15(25)17-16(13-3-2-4-13)18(26)24-10-23-17/h8-11,13,15-16H,2-7,12H2,1H3,(H,27,28,30);5-8,10-11,13H,2-4,9H2,1H3,(H,23,24,26)/t13-;11-/m00/s1. The van der Waals surface area contributed by atoms with Crippen molar-refractivity contribution in [1.82, 2.24) is 19.9 Å². The number of halogens is 6. The number of nitrogens with one attached hydrogen (secondary N) is 2. The highest BCUT2D eigenvalue weighted by atomic mass is 19.4. The van der Waals surface area contributed by atoms with Crippen molar-refractivity contribution in [3.05, 3.63) is 126 Å². The van der Waals surface area contributed by atoms with Gasteiger partial charge in [0.05, 0.1) is 17.5 Å². The van der Waals surface area contributed by atoms with Crippen molar-refractivity contribution in [2.45, 2.75) is 126 Å². The van der Waals surface area contributed by atoms with Crippen molar-refractivity contribution in [1.29, 1.82) is 0 Å². The summed E-state index contributed by atoms with van der Waals surface area (Å²) >= 11 is 0. The Hall–Kier alpha value is -4.88. The van der Waals surface area contributed by atoms with Crippen LogP contribution in [0.5, 0.6) is 0 Å². The summed E-state index contributed by atoms with van der Waals surface area (Å²) in [5.74, 6) is -0.0968. The maximum atomic E-state index is 13.2. The molecular formula is C42H44F6N4O4. The third-order valence-corrected chi connectivity index (χ3v) is 11.5. The van der Waals surface area contributed by atoms with Gasteiger partial charge in [0.25, 0.3) is 11.1 Å². The van der Waals surface area contributed by atoms with E-state index >= 15 is 0 Å². The van der Waals surface area contributed by atoms with Gasteiger partial charge in [-0.2, -0.15) is 26.3 Å². The average molecular weight is 783 g/mol. The minimum absolute atomic E-state index is 0.0628. The van der Waals surface area contributed by atoms with Crippen LogP contribution in [0.25, 0.3) is 0 Å². The van der Waals surface area contributed by atoms with Gasteiger partial charge in [0, 0.05) is 29.9 Å². The molecule has 14 heteroatoms. The first-order valence-corrected chi connectivity index (χ1v) is 19.1. The molecule has 3 saturated carbocycles. The van der Waals surface area contributed by atoms with Crippen molar-refractivity contribution in [2.24, 2.45) is 0 Å². The fourth-order valence-electron chi connectivity index (χ4n) is 7.36. The molecule has 0 spiro atoms. The van der Waals surface area contributed by atoms with Crippen molar-refractivity contribution >= 4 is 11.6 Å². The number of ketones is 2. The number of hydrogen-bond donors (Lipinski definition) is 2.